The summed E-state index contributed by atoms with van der Waals surface area (Å²) in [5.41, 5.74) is 0.819. The predicted molar refractivity (Wildman–Crippen MR) is 164 cm³/mol. The van der Waals surface area contributed by atoms with E-state index >= 15 is 0 Å². The Hall–Kier alpha value is -3.65. The second-order valence-electron chi connectivity index (χ2n) is 13.0. The Morgan fingerprint density at radius 1 is 1.04 bits per heavy atom. The molecular formula is C34H38N2O10. The number of hydrogen-bond acceptors (Lipinski definition) is 12. The number of nitrogens with one attached hydrogen (secondary N) is 1. The molecule has 244 valence electrons. The van der Waals surface area contributed by atoms with Crippen molar-refractivity contribution in [2.24, 2.45) is 5.92 Å². The first-order valence-electron chi connectivity index (χ1n) is 15.9. The number of aliphatic hydroxyl groups is 5. The SMILES string of the molecule is Cc1cc(O)c2c(c1)C(=O)c1c(c3c(c4c(NCC(O)C5CCCCC5)nccc14)CCC1(O3)OC(CO)C(O)C(O)C1O)C2=O. The van der Waals surface area contributed by atoms with Gasteiger partial charge in [0.2, 0.25) is 11.6 Å². The third-order valence-corrected chi connectivity index (χ3v) is 10.2. The van der Waals surface area contributed by atoms with E-state index in [1.165, 1.54) is 12.3 Å². The monoisotopic (exact) mass is 634 g/mol. The summed E-state index contributed by atoms with van der Waals surface area (Å²) in [4.78, 5) is 33.1. The van der Waals surface area contributed by atoms with E-state index in [4.69, 9.17) is 9.47 Å². The Balaban J connectivity index is 1.41. The van der Waals surface area contributed by atoms with E-state index in [2.05, 4.69) is 10.3 Å². The van der Waals surface area contributed by atoms with Gasteiger partial charge in [-0.05, 0) is 61.3 Å². The van der Waals surface area contributed by atoms with Crippen LogP contribution in [-0.4, -0.2) is 96.6 Å². The molecule has 1 spiro atoms. The number of carbonyl (C=O) groups is 2. The molecule has 0 bridgehead atoms. The normalized spacial score (nSPS) is 28.4. The highest BCUT2D eigenvalue weighted by molar-refractivity contribution is 6.34. The van der Waals surface area contributed by atoms with Crippen LogP contribution in [0.15, 0.2) is 24.4 Å². The number of anilines is 1. The number of benzene rings is 2. The van der Waals surface area contributed by atoms with Crippen molar-refractivity contribution in [3.63, 3.8) is 0 Å². The summed E-state index contributed by atoms with van der Waals surface area (Å²) in [5, 5.41) is 68.2. The Morgan fingerprint density at radius 2 is 1.80 bits per heavy atom. The summed E-state index contributed by atoms with van der Waals surface area (Å²) in [6, 6.07) is 4.58. The van der Waals surface area contributed by atoms with Crippen molar-refractivity contribution in [2.75, 3.05) is 18.5 Å². The lowest BCUT2D eigenvalue weighted by Gasteiger charge is -2.50. The van der Waals surface area contributed by atoms with Gasteiger partial charge in [-0.15, -0.1) is 0 Å². The van der Waals surface area contributed by atoms with Gasteiger partial charge in [0.1, 0.15) is 41.7 Å². The molecule has 3 aromatic rings. The summed E-state index contributed by atoms with van der Waals surface area (Å²) in [6.07, 6.45) is -0.298. The molecule has 12 nitrogen and oxygen atoms in total. The number of phenols is 1. The Morgan fingerprint density at radius 3 is 2.54 bits per heavy atom. The second kappa shape index (κ2) is 11.5. The number of aromatic nitrogens is 1. The van der Waals surface area contributed by atoms with E-state index in [0.717, 1.165) is 32.1 Å². The molecule has 1 saturated heterocycles. The van der Waals surface area contributed by atoms with E-state index in [9.17, 15) is 40.2 Å². The molecule has 0 amide bonds. The first-order valence-corrected chi connectivity index (χ1v) is 15.9. The number of phenolic OH excluding ortho intramolecular Hbond substituents is 1. The molecule has 2 aliphatic carbocycles. The molecule has 6 unspecified atom stereocenters. The first kappa shape index (κ1) is 31.0. The molecule has 12 heteroatoms. The average Bonchev–Trinajstić information content (AvgIpc) is 3.06. The highest BCUT2D eigenvalue weighted by atomic mass is 16.7. The van der Waals surface area contributed by atoms with Gasteiger partial charge in [-0.2, -0.15) is 0 Å². The van der Waals surface area contributed by atoms with Crippen molar-refractivity contribution in [1.29, 1.82) is 0 Å². The number of aryl methyl sites for hydroxylation is 2. The molecule has 0 radical (unpaired) electrons. The number of nitrogens with zero attached hydrogens (tertiary/aromatic N) is 1. The highest BCUT2D eigenvalue weighted by Crippen LogP contribution is 2.51. The smallest absolute Gasteiger partial charge is 0.240 e. The second-order valence-corrected chi connectivity index (χ2v) is 13.0. The lowest BCUT2D eigenvalue weighted by molar-refractivity contribution is -0.342. The van der Waals surface area contributed by atoms with Gasteiger partial charge in [0, 0.05) is 41.2 Å². The Labute approximate surface area is 264 Å². The van der Waals surface area contributed by atoms with E-state index in [0.29, 0.717) is 27.7 Å². The third kappa shape index (κ3) is 4.70. The van der Waals surface area contributed by atoms with E-state index in [1.54, 1.807) is 19.1 Å². The fourth-order valence-electron chi connectivity index (χ4n) is 7.78. The molecule has 4 aliphatic rings. The molecule has 46 heavy (non-hydrogen) atoms. The quantitative estimate of drug-likeness (QED) is 0.168. The maximum atomic E-state index is 14.3. The van der Waals surface area contributed by atoms with Gasteiger partial charge >= 0.3 is 0 Å². The number of pyridine rings is 1. The zero-order valence-corrected chi connectivity index (χ0v) is 25.4. The van der Waals surface area contributed by atoms with Gasteiger partial charge in [0.15, 0.2) is 5.78 Å². The Bertz CT molecular complexity index is 1740. The van der Waals surface area contributed by atoms with Crippen LogP contribution in [0.2, 0.25) is 0 Å². The lowest BCUT2D eigenvalue weighted by atomic mass is 9.77. The van der Waals surface area contributed by atoms with E-state index in [1.807, 2.05) is 0 Å². The largest absolute Gasteiger partial charge is 0.507 e. The molecule has 6 atom stereocenters. The number of ether oxygens (including phenoxy) is 2. The highest BCUT2D eigenvalue weighted by Gasteiger charge is 2.57. The van der Waals surface area contributed by atoms with Crippen LogP contribution in [0.3, 0.4) is 0 Å². The molecule has 7 rings (SSSR count). The maximum Gasteiger partial charge on any atom is 0.240 e. The minimum Gasteiger partial charge on any atom is -0.507 e. The van der Waals surface area contributed by atoms with E-state index in [-0.39, 0.29) is 59.1 Å². The first-order chi connectivity index (χ1) is 22.1. The van der Waals surface area contributed by atoms with Crippen LogP contribution in [0.1, 0.15) is 81.5 Å². The summed E-state index contributed by atoms with van der Waals surface area (Å²) >= 11 is 0. The Kier molecular flexibility index (Phi) is 7.78. The van der Waals surface area contributed by atoms with Crippen LogP contribution in [0.25, 0.3) is 10.8 Å². The van der Waals surface area contributed by atoms with Crippen LogP contribution in [0, 0.1) is 12.8 Å². The minimum absolute atomic E-state index is 0.0242. The predicted octanol–water partition coefficient (Wildman–Crippen LogP) is 1.87. The topological polar surface area (TPSA) is 199 Å². The number of rotatable bonds is 5. The van der Waals surface area contributed by atoms with Crippen LogP contribution in [0.5, 0.6) is 11.5 Å². The van der Waals surface area contributed by atoms with Gasteiger partial charge in [0.05, 0.1) is 23.8 Å². The summed E-state index contributed by atoms with van der Waals surface area (Å²) in [6.45, 7) is 1.23. The van der Waals surface area contributed by atoms with Crippen molar-refractivity contribution in [3.8, 4) is 11.5 Å². The minimum atomic E-state index is -1.98. The van der Waals surface area contributed by atoms with Crippen LogP contribution in [0.4, 0.5) is 5.82 Å². The van der Waals surface area contributed by atoms with Crippen LogP contribution in [-0.2, 0) is 11.2 Å². The van der Waals surface area contributed by atoms with E-state index < -0.39 is 54.5 Å². The third-order valence-electron chi connectivity index (χ3n) is 10.2. The molecule has 1 aromatic heterocycles. The molecule has 2 fully saturated rings. The number of ketones is 2. The van der Waals surface area contributed by atoms with Gasteiger partial charge in [-0.1, -0.05) is 19.3 Å². The van der Waals surface area contributed by atoms with Gasteiger partial charge in [0.25, 0.3) is 0 Å². The van der Waals surface area contributed by atoms with Crippen molar-refractivity contribution in [3.05, 3.63) is 57.8 Å². The van der Waals surface area contributed by atoms with Crippen molar-refractivity contribution in [1.82, 2.24) is 4.98 Å². The summed E-state index contributed by atoms with van der Waals surface area (Å²) < 4.78 is 12.3. The maximum absolute atomic E-state index is 14.3. The number of fused-ring (bicyclic) bond motifs is 7. The van der Waals surface area contributed by atoms with Gasteiger partial charge in [-0.3, -0.25) is 9.59 Å². The number of carbonyl (C=O) groups excluding carboxylic acids is 2. The summed E-state index contributed by atoms with van der Waals surface area (Å²) in [5.74, 6) is -3.08. The fraction of sp³-hybridized carbons (Fsp3) is 0.500. The van der Waals surface area contributed by atoms with Crippen molar-refractivity contribution in [2.45, 2.75) is 88.2 Å². The fourth-order valence-corrected chi connectivity index (χ4v) is 7.78. The number of aromatic hydroxyl groups is 1. The molecule has 7 N–H and O–H groups in total. The molecule has 2 aromatic carbocycles. The average molecular weight is 635 g/mol. The van der Waals surface area contributed by atoms with Crippen LogP contribution >= 0.6 is 0 Å². The molecule has 3 heterocycles. The van der Waals surface area contributed by atoms with Gasteiger partial charge in [-0.25, -0.2) is 4.98 Å². The lowest BCUT2D eigenvalue weighted by Crippen LogP contribution is -2.68. The number of aliphatic hydroxyl groups excluding tert-OH is 5. The molecule has 1 saturated carbocycles. The van der Waals surface area contributed by atoms with Crippen molar-refractivity contribution >= 4 is 28.2 Å². The molecular weight excluding hydrogens is 596 g/mol. The van der Waals surface area contributed by atoms with Crippen molar-refractivity contribution < 1.29 is 49.7 Å². The van der Waals surface area contributed by atoms with Crippen LogP contribution < -0.4 is 10.1 Å². The number of hydrogen-bond donors (Lipinski definition) is 7. The summed E-state index contributed by atoms with van der Waals surface area (Å²) in [7, 11) is 0. The zero-order chi connectivity index (χ0) is 32.5. The van der Waals surface area contributed by atoms with Gasteiger partial charge < -0.3 is 45.4 Å². The standard InChI is InChI=1S/C34H38N2O10/c1-15-11-19-24(20(38)12-15)29(42)26-25(27(19)40)17-8-10-35-33(36-13-21(39)16-5-3-2-4-6-16)23(17)18-7-9-34(46-31(18)26)32(44)30(43)28(41)22(14-37)45-34/h8,10-12,16,21-22,28,30,32,37-39,41,43-44H,2-7,9,13-14H2,1H3,(H,35,36). The zero-order valence-electron chi connectivity index (χ0n) is 25.4. The molecule has 2 aliphatic heterocycles.